The highest BCUT2D eigenvalue weighted by molar-refractivity contribution is 5.86. The van der Waals surface area contributed by atoms with Crippen LogP contribution in [0.25, 0.3) is 0 Å². The van der Waals surface area contributed by atoms with E-state index in [0.29, 0.717) is 32.7 Å². The fourth-order valence-corrected chi connectivity index (χ4v) is 6.07. The van der Waals surface area contributed by atoms with Gasteiger partial charge in [-0.05, 0) is 70.1 Å². The quantitative estimate of drug-likeness (QED) is 0.621. The zero-order valence-electron chi connectivity index (χ0n) is 22.5. The monoisotopic (exact) mass is 504 g/mol. The number of alkyl halides is 1. The Labute approximate surface area is 214 Å². The van der Waals surface area contributed by atoms with Gasteiger partial charge in [0.1, 0.15) is 5.82 Å². The third kappa shape index (κ3) is 5.53. The predicted octanol–water partition coefficient (Wildman–Crippen LogP) is 4.05. The summed E-state index contributed by atoms with van der Waals surface area (Å²) in [4.78, 5) is 33.1. The second-order valence-electron chi connectivity index (χ2n) is 12.1. The van der Waals surface area contributed by atoms with E-state index in [1.54, 1.807) is 30.0 Å². The molecular weight excluding hydrogens is 462 g/mol. The third-order valence-electron chi connectivity index (χ3n) is 8.39. The van der Waals surface area contributed by atoms with E-state index in [1.165, 1.54) is 6.07 Å². The van der Waals surface area contributed by atoms with Gasteiger partial charge in [-0.3, -0.25) is 14.5 Å². The second-order valence-corrected chi connectivity index (χ2v) is 12.1. The topological polar surface area (TPSA) is 47.1 Å². The lowest BCUT2D eigenvalue weighted by Gasteiger charge is -2.39. The van der Waals surface area contributed by atoms with Crippen molar-refractivity contribution >= 4 is 17.5 Å². The Balaban J connectivity index is 1.40. The number of halogens is 2. The summed E-state index contributed by atoms with van der Waals surface area (Å²) in [6, 6.07) is 4.99. The van der Waals surface area contributed by atoms with Gasteiger partial charge in [0.05, 0.1) is 0 Å². The van der Waals surface area contributed by atoms with Gasteiger partial charge >= 0.3 is 0 Å². The average molecular weight is 505 g/mol. The number of piperidine rings is 2. The Morgan fingerprint density at radius 2 is 1.64 bits per heavy atom. The van der Waals surface area contributed by atoms with E-state index >= 15 is 4.39 Å². The molecular formula is C28H42F2N4O2. The van der Waals surface area contributed by atoms with E-state index < -0.39 is 5.67 Å². The summed E-state index contributed by atoms with van der Waals surface area (Å²) < 4.78 is 30.0. The van der Waals surface area contributed by atoms with Gasteiger partial charge in [0.25, 0.3) is 5.91 Å². The van der Waals surface area contributed by atoms with Crippen LogP contribution in [0.2, 0.25) is 0 Å². The first kappa shape index (κ1) is 26.8. The summed E-state index contributed by atoms with van der Waals surface area (Å²) in [6.45, 7) is 9.37. The summed E-state index contributed by atoms with van der Waals surface area (Å²) in [5.41, 5.74) is 0.0220. The van der Waals surface area contributed by atoms with Crippen LogP contribution < -0.4 is 4.90 Å². The molecule has 0 bridgehead atoms. The van der Waals surface area contributed by atoms with Crippen LogP contribution in [0.5, 0.6) is 0 Å². The molecule has 0 aromatic heterocycles. The number of hydrogen-bond donors (Lipinski definition) is 0. The van der Waals surface area contributed by atoms with E-state index in [2.05, 4.69) is 30.6 Å². The van der Waals surface area contributed by atoms with Gasteiger partial charge in [-0.25, -0.2) is 8.78 Å². The smallest absolute Gasteiger partial charge is 0.261 e. The molecule has 3 aliphatic rings. The molecule has 4 rings (SSSR count). The number of likely N-dealkylation sites (tertiary alicyclic amines) is 2. The number of hydrogen-bond acceptors (Lipinski definition) is 4. The van der Waals surface area contributed by atoms with Crippen molar-refractivity contribution in [2.75, 3.05) is 58.3 Å². The predicted molar refractivity (Wildman–Crippen MR) is 138 cm³/mol. The SMILES string of the molecule is CN(C)C(=O)C1CCN(c2cc(F)ccc2C2CCN(C(=O)[C@@]3(F)CCN(C(C)(C)C)C3)CC2)CC1. The Morgan fingerprint density at radius 1 is 1.00 bits per heavy atom. The molecule has 200 valence electrons. The zero-order chi connectivity index (χ0) is 26.3. The molecule has 0 saturated carbocycles. The summed E-state index contributed by atoms with van der Waals surface area (Å²) in [6.07, 6.45) is 3.23. The van der Waals surface area contributed by atoms with Crippen molar-refractivity contribution < 1.29 is 18.4 Å². The maximum absolute atomic E-state index is 15.7. The van der Waals surface area contributed by atoms with Gasteiger partial charge in [-0.2, -0.15) is 0 Å². The summed E-state index contributed by atoms with van der Waals surface area (Å²) >= 11 is 0. The number of benzene rings is 1. The van der Waals surface area contributed by atoms with E-state index in [1.807, 2.05) is 6.07 Å². The molecule has 0 unspecified atom stereocenters. The maximum Gasteiger partial charge on any atom is 0.261 e. The Kier molecular flexibility index (Phi) is 7.65. The molecule has 0 spiro atoms. The Hall–Kier alpha value is -2.22. The maximum atomic E-state index is 15.7. The van der Waals surface area contributed by atoms with Crippen LogP contribution in [0.15, 0.2) is 18.2 Å². The van der Waals surface area contributed by atoms with Gasteiger partial charge in [-0.15, -0.1) is 0 Å². The van der Waals surface area contributed by atoms with Crippen LogP contribution in [-0.2, 0) is 9.59 Å². The van der Waals surface area contributed by atoms with Crippen LogP contribution in [0.4, 0.5) is 14.5 Å². The second kappa shape index (κ2) is 10.3. The number of amides is 2. The minimum Gasteiger partial charge on any atom is -0.371 e. The van der Waals surface area contributed by atoms with E-state index in [-0.39, 0.29) is 48.0 Å². The van der Waals surface area contributed by atoms with Crippen molar-refractivity contribution in [1.82, 2.24) is 14.7 Å². The van der Waals surface area contributed by atoms with Crippen molar-refractivity contribution in [3.8, 4) is 0 Å². The fraction of sp³-hybridized carbons (Fsp3) is 0.714. The number of anilines is 1. The van der Waals surface area contributed by atoms with Crippen molar-refractivity contribution in [1.29, 1.82) is 0 Å². The minimum absolute atomic E-state index is 0.0142. The van der Waals surface area contributed by atoms with Crippen LogP contribution in [0.1, 0.15) is 64.4 Å². The van der Waals surface area contributed by atoms with Crippen LogP contribution >= 0.6 is 0 Å². The van der Waals surface area contributed by atoms with Crippen LogP contribution in [-0.4, -0.2) is 91.1 Å². The lowest BCUT2D eigenvalue weighted by molar-refractivity contribution is -0.144. The number of rotatable bonds is 4. The van der Waals surface area contributed by atoms with Gasteiger partial charge < -0.3 is 14.7 Å². The third-order valence-corrected chi connectivity index (χ3v) is 8.39. The van der Waals surface area contributed by atoms with Crippen molar-refractivity contribution in [3.05, 3.63) is 29.6 Å². The number of carbonyl (C=O) groups excluding carboxylic acids is 2. The molecule has 2 amide bonds. The van der Waals surface area contributed by atoms with Gasteiger partial charge in [0, 0.05) is 76.9 Å². The molecule has 1 atom stereocenters. The van der Waals surface area contributed by atoms with Gasteiger partial charge in [0.2, 0.25) is 11.6 Å². The molecule has 1 aromatic rings. The number of carbonyl (C=O) groups is 2. The van der Waals surface area contributed by atoms with Crippen LogP contribution in [0, 0.1) is 11.7 Å². The van der Waals surface area contributed by atoms with Gasteiger partial charge in [0.15, 0.2) is 0 Å². The first-order valence-corrected chi connectivity index (χ1v) is 13.4. The largest absolute Gasteiger partial charge is 0.371 e. The summed E-state index contributed by atoms with van der Waals surface area (Å²) in [7, 11) is 3.57. The van der Waals surface area contributed by atoms with Crippen LogP contribution in [0.3, 0.4) is 0 Å². The molecule has 3 saturated heterocycles. The Morgan fingerprint density at radius 3 is 2.19 bits per heavy atom. The molecule has 0 N–H and O–H groups in total. The lowest BCUT2D eigenvalue weighted by atomic mass is 9.86. The Bertz CT molecular complexity index is 963. The van der Waals surface area contributed by atoms with Crippen molar-refractivity contribution in [3.63, 3.8) is 0 Å². The molecule has 6 nitrogen and oxygen atoms in total. The van der Waals surface area contributed by atoms with Crippen molar-refractivity contribution in [2.24, 2.45) is 5.92 Å². The molecule has 36 heavy (non-hydrogen) atoms. The highest BCUT2D eigenvalue weighted by Crippen LogP contribution is 2.39. The summed E-state index contributed by atoms with van der Waals surface area (Å²) in [5, 5.41) is 0. The molecule has 3 fully saturated rings. The van der Waals surface area contributed by atoms with E-state index in [4.69, 9.17) is 0 Å². The normalized spacial score (nSPS) is 24.9. The standard InChI is InChI=1S/C28H42F2N4O2/c1-27(2,3)34-17-12-28(30,19-34)26(36)33-15-8-20(9-16-33)23-7-6-22(29)18-24(23)32-13-10-21(11-14-32)25(35)31(4)5/h6-7,18,20-21H,8-17,19H2,1-5H3/t28-/m1/s1. The zero-order valence-corrected chi connectivity index (χ0v) is 22.5. The fourth-order valence-electron chi connectivity index (χ4n) is 6.07. The summed E-state index contributed by atoms with van der Waals surface area (Å²) in [5.74, 6) is -0.280. The molecule has 3 aliphatic heterocycles. The van der Waals surface area contributed by atoms with E-state index in [0.717, 1.165) is 36.9 Å². The molecule has 3 heterocycles. The first-order valence-electron chi connectivity index (χ1n) is 13.4. The van der Waals surface area contributed by atoms with Gasteiger partial charge in [-0.1, -0.05) is 6.07 Å². The highest BCUT2D eigenvalue weighted by Gasteiger charge is 2.49. The lowest BCUT2D eigenvalue weighted by Crippen LogP contribution is -2.51. The first-order chi connectivity index (χ1) is 16.9. The van der Waals surface area contributed by atoms with Crippen molar-refractivity contribution in [2.45, 2.75) is 70.0 Å². The molecule has 8 heteroatoms. The minimum atomic E-state index is -1.81. The van der Waals surface area contributed by atoms with E-state index in [9.17, 15) is 14.0 Å². The average Bonchev–Trinajstić information content (AvgIpc) is 3.27. The number of nitrogens with zero attached hydrogens (tertiary/aromatic N) is 4. The highest BCUT2D eigenvalue weighted by atomic mass is 19.1. The molecule has 0 radical (unpaired) electrons. The molecule has 0 aliphatic carbocycles. The molecule has 1 aromatic carbocycles.